The normalized spacial score (nSPS) is 17.3. The molecule has 0 N–H and O–H groups in total. The quantitative estimate of drug-likeness (QED) is 0.679. The number of aromatic nitrogens is 1. The van der Waals surface area contributed by atoms with E-state index in [1.54, 1.807) is 6.07 Å². The molecule has 3 rings (SSSR count). The van der Waals surface area contributed by atoms with Crippen LogP contribution in [0.4, 0.5) is 0 Å². The highest BCUT2D eigenvalue weighted by Gasteiger charge is 2.19. The molecule has 5 nitrogen and oxygen atoms in total. The highest BCUT2D eigenvalue weighted by atomic mass is 79.9. The summed E-state index contributed by atoms with van der Waals surface area (Å²) in [7, 11) is 0. The lowest BCUT2D eigenvalue weighted by atomic mass is 10.00. The average molecular weight is 380 g/mol. The molecule has 2 aromatic rings. The Labute approximate surface area is 143 Å². The second-order valence-corrected chi connectivity index (χ2v) is 6.53. The summed E-state index contributed by atoms with van der Waals surface area (Å²) in [6, 6.07) is 9.17. The third-order valence-corrected chi connectivity index (χ3v) is 4.37. The Kier molecular flexibility index (Phi) is 5.46. The molecule has 122 valence electrons. The van der Waals surface area contributed by atoms with Crippen molar-refractivity contribution in [3.63, 3.8) is 0 Å². The van der Waals surface area contributed by atoms with Crippen LogP contribution in [0.2, 0.25) is 0 Å². The molecule has 1 aliphatic heterocycles. The number of benzene rings is 1. The Morgan fingerprint density at radius 2 is 2.17 bits per heavy atom. The monoisotopic (exact) mass is 379 g/mol. The summed E-state index contributed by atoms with van der Waals surface area (Å²) in [6.45, 7) is 1.82. The number of halogens is 1. The first-order chi connectivity index (χ1) is 11.2. The van der Waals surface area contributed by atoms with Crippen molar-refractivity contribution in [1.82, 2.24) is 5.16 Å². The summed E-state index contributed by atoms with van der Waals surface area (Å²) in [6.07, 6.45) is 2.36. The highest BCUT2D eigenvalue weighted by molar-refractivity contribution is 9.10. The van der Waals surface area contributed by atoms with E-state index in [4.69, 9.17) is 14.0 Å². The molecule has 1 atom stereocenters. The topological polar surface area (TPSA) is 61.6 Å². The van der Waals surface area contributed by atoms with E-state index >= 15 is 0 Å². The summed E-state index contributed by atoms with van der Waals surface area (Å²) >= 11 is 3.37. The van der Waals surface area contributed by atoms with E-state index in [0.29, 0.717) is 23.8 Å². The van der Waals surface area contributed by atoms with Gasteiger partial charge in [0.2, 0.25) is 0 Å². The largest absolute Gasteiger partial charge is 0.486 e. The summed E-state index contributed by atoms with van der Waals surface area (Å²) < 4.78 is 17.1. The SMILES string of the molecule is O=C(CCC1CCOC1)c1cc(COc2ccc(Br)cc2)on1. The van der Waals surface area contributed by atoms with Gasteiger partial charge in [0.15, 0.2) is 11.5 Å². The highest BCUT2D eigenvalue weighted by Crippen LogP contribution is 2.20. The van der Waals surface area contributed by atoms with Gasteiger partial charge >= 0.3 is 0 Å². The maximum atomic E-state index is 12.1. The van der Waals surface area contributed by atoms with Crippen molar-refractivity contribution >= 4 is 21.7 Å². The van der Waals surface area contributed by atoms with Gasteiger partial charge in [0.05, 0.1) is 0 Å². The van der Waals surface area contributed by atoms with E-state index in [9.17, 15) is 4.79 Å². The summed E-state index contributed by atoms with van der Waals surface area (Å²) in [5.74, 6) is 1.78. The Morgan fingerprint density at radius 1 is 1.35 bits per heavy atom. The number of ether oxygens (including phenoxy) is 2. The minimum absolute atomic E-state index is 0.00976. The van der Waals surface area contributed by atoms with E-state index in [1.165, 1.54) is 0 Å². The number of carbonyl (C=O) groups excluding carboxylic acids is 1. The average Bonchev–Trinajstić information content (AvgIpc) is 3.24. The number of nitrogens with zero attached hydrogens (tertiary/aromatic N) is 1. The van der Waals surface area contributed by atoms with E-state index in [0.717, 1.165) is 36.3 Å². The van der Waals surface area contributed by atoms with Crippen molar-refractivity contribution in [2.24, 2.45) is 5.92 Å². The van der Waals surface area contributed by atoms with Crippen LogP contribution < -0.4 is 4.74 Å². The molecule has 0 spiro atoms. The van der Waals surface area contributed by atoms with Crippen LogP contribution in [0.5, 0.6) is 5.75 Å². The Bertz CT molecular complexity index is 647. The summed E-state index contributed by atoms with van der Waals surface area (Å²) in [5.41, 5.74) is 0.373. The Morgan fingerprint density at radius 3 is 2.91 bits per heavy atom. The van der Waals surface area contributed by atoms with Gasteiger partial charge in [-0.05, 0) is 43.0 Å². The molecule has 0 aliphatic carbocycles. The smallest absolute Gasteiger partial charge is 0.184 e. The van der Waals surface area contributed by atoms with Crippen molar-refractivity contribution in [3.05, 3.63) is 46.3 Å². The van der Waals surface area contributed by atoms with E-state index in [-0.39, 0.29) is 12.4 Å². The molecule has 23 heavy (non-hydrogen) atoms. The second-order valence-electron chi connectivity index (χ2n) is 5.61. The van der Waals surface area contributed by atoms with Crippen LogP contribution in [-0.2, 0) is 11.3 Å². The number of hydrogen-bond donors (Lipinski definition) is 0. The molecule has 1 unspecified atom stereocenters. The van der Waals surface area contributed by atoms with Gasteiger partial charge in [-0.2, -0.15) is 0 Å². The van der Waals surface area contributed by atoms with Gasteiger partial charge in [-0.15, -0.1) is 0 Å². The number of carbonyl (C=O) groups is 1. The Balaban J connectivity index is 1.48. The van der Waals surface area contributed by atoms with Gasteiger partial charge in [0.1, 0.15) is 18.1 Å². The third kappa shape index (κ3) is 4.65. The van der Waals surface area contributed by atoms with Crippen LogP contribution in [-0.4, -0.2) is 24.2 Å². The molecule has 2 heterocycles. The first-order valence-corrected chi connectivity index (χ1v) is 8.45. The van der Waals surface area contributed by atoms with Crippen LogP contribution in [0.15, 0.2) is 39.3 Å². The predicted molar refractivity (Wildman–Crippen MR) is 87.5 cm³/mol. The maximum absolute atomic E-state index is 12.1. The van der Waals surface area contributed by atoms with E-state index in [2.05, 4.69) is 21.1 Å². The fourth-order valence-electron chi connectivity index (χ4n) is 2.47. The fourth-order valence-corrected chi connectivity index (χ4v) is 2.74. The standard InChI is InChI=1S/C17H18BrNO4/c18-13-2-4-14(5-3-13)22-11-15-9-16(19-23-15)17(20)6-1-12-7-8-21-10-12/h2-5,9,12H,1,6-8,10-11H2. The first-order valence-electron chi connectivity index (χ1n) is 7.65. The molecule has 0 saturated carbocycles. The number of rotatable bonds is 7. The van der Waals surface area contributed by atoms with Crippen LogP contribution >= 0.6 is 15.9 Å². The van der Waals surface area contributed by atoms with Gasteiger partial charge in [-0.1, -0.05) is 21.1 Å². The van der Waals surface area contributed by atoms with Gasteiger partial charge in [-0.25, -0.2) is 0 Å². The zero-order valence-corrected chi connectivity index (χ0v) is 14.3. The zero-order valence-electron chi connectivity index (χ0n) is 12.7. The molecule has 1 fully saturated rings. The van der Waals surface area contributed by atoms with E-state index < -0.39 is 0 Å². The predicted octanol–water partition coefficient (Wildman–Crippen LogP) is 4.02. The van der Waals surface area contributed by atoms with Gasteiger partial charge in [0.25, 0.3) is 0 Å². The van der Waals surface area contributed by atoms with Crippen LogP contribution in [0.1, 0.15) is 35.5 Å². The van der Waals surface area contributed by atoms with Crippen LogP contribution in [0, 0.1) is 5.92 Å². The molecule has 0 bridgehead atoms. The molecule has 1 aromatic heterocycles. The van der Waals surface area contributed by atoms with Crippen molar-refractivity contribution in [2.75, 3.05) is 13.2 Å². The van der Waals surface area contributed by atoms with Crippen LogP contribution in [0.25, 0.3) is 0 Å². The van der Waals surface area contributed by atoms with Gasteiger partial charge < -0.3 is 14.0 Å². The first kappa shape index (κ1) is 16.2. The maximum Gasteiger partial charge on any atom is 0.184 e. The Hall–Kier alpha value is -1.66. The minimum atomic E-state index is 0.00976. The molecule has 1 aromatic carbocycles. The molecule has 0 radical (unpaired) electrons. The molecule has 6 heteroatoms. The molecule has 1 aliphatic rings. The van der Waals surface area contributed by atoms with Gasteiger partial charge in [-0.3, -0.25) is 4.79 Å². The lowest BCUT2D eigenvalue weighted by Crippen LogP contribution is -2.05. The van der Waals surface area contributed by atoms with E-state index in [1.807, 2.05) is 24.3 Å². The number of ketones is 1. The van der Waals surface area contributed by atoms with Crippen molar-refractivity contribution in [1.29, 1.82) is 0 Å². The summed E-state index contributed by atoms with van der Waals surface area (Å²) in [5, 5.41) is 3.84. The molecular weight excluding hydrogens is 362 g/mol. The zero-order chi connectivity index (χ0) is 16.1. The van der Waals surface area contributed by atoms with Crippen molar-refractivity contribution < 1.29 is 18.8 Å². The second kappa shape index (κ2) is 7.75. The minimum Gasteiger partial charge on any atom is -0.486 e. The van der Waals surface area contributed by atoms with Crippen LogP contribution in [0.3, 0.4) is 0 Å². The molecule has 1 saturated heterocycles. The van der Waals surface area contributed by atoms with Crippen molar-refractivity contribution in [2.45, 2.75) is 25.9 Å². The lowest BCUT2D eigenvalue weighted by Gasteiger charge is -2.04. The number of Topliss-reactive ketones (excluding diaryl/α,β-unsaturated/α-hetero) is 1. The van der Waals surface area contributed by atoms with Gasteiger partial charge in [0, 0.05) is 30.2 Å². The third-order valence-electron chi connectivity index (χ3n) is 3.84. The molecule has 0 amide bonds. The fraction of sp³-hybridized carbons (Fsp3) is 0.412. The lowest BCUT2D eigenvalue weighted by molar-refractivity contribution is 0.0962. The number of hydrogen-bond acceptors (Lipinski definition) is 5. The summed E-state index contributed by atoms with van der Waals surface area (Å²) in [4.78, 5) is 12.1. The molecular formula is C17H18BrNO4. The van der Waals surface area contributed by atoms with Crippen molar-refractivity contribution in [3.8, 4) is 5.75 Å².